The Labute approximate surface area is 278 Å². The second kappa shape index (κ2) is 10.8. The number of carbonyl (C=O) groups excluding carboxylic acids is 2. The van der Waals surface area contributed by atoms with Gasteiger partial charge in [0.25, 0.3) is 5.91 Å². The number of methoxy groups -OCH3 is 2. The number of nitrogens with one attached hydrogen (secondary N) is 1. The van der Waals surface area contributed by atoms with Gasteiger partial charge in [-0.05, 0) is 85.9 Å². The molecule has 3 aromatic heterocycles. The summed E-state index contributed by atoms with van der Waals surface area (Å²) in [5, 5.41) is 3.99. The van der Waals surface area contributed by atoms with Crippen molar-refractivity contribution in [2.75, 3.05) is 26.1 Å². The molecule has 5 aromatic rings. The van der Waals surface area contributed by atoms with Crippen LogP contribution in [-0.2, 0) is 24.8 Å². The molecule has 2 bridgehead atoms. The van der Waals surface area contributed by atoms with E-state index in [1.807, 2.05) is 36.2 Å². The normalized spacial score (nSPS) is 21.6. The molecule has 3 fully saturated rings. The molecule has 11 heteroatoms. The number of carbonyl (C=O) groups is 2. The molecule has 1 saturated heterocycles. The van der Waals surface area contributed by atoms with Gasteiger partial charge in [-0.3, -0.25) is 9.59 Å². The van der Waals surface area contributed by atoms with Crippen molar-refractivity contribution < 1.29 is 19.1 Å². The third-order valence-corrected chi connectivity index (χ3v) is 11.0. The molecule has 11 nitrogen and oxygen atoms in total. The van der Waals surface area contributed by atoms with Gasteiger partial charge in [0.15, 0.2) is 5.82 Å². The number of aryl methyl sites for hydroxylation is 2. The Morgan fingerprint density at radius 3 is 2.56 bits per heavy atom. The van der Waals surface area contributed by atoms with Crippen LogP contribution in [0.2, 0.25) is 0 Å². The van der Waals surface area contributed by atoms with E-state index in [-0.39, 0.29) is 23.9 Å². The first kappa shape index (κ1) is 29.3. The molecule has 2 saturated carbocycles. The van der Waals surface area contributed by atoms with E-state index >= 15 is 0 Å². The highest BCUT2D eigenvalue weighted by atomic mass is 16.5. The quantitative estimate of drug-likeness (QED) is 0.251. The van der Waals surface area contributed by atoms with Crippen molar-refractivity contribution >= 4 is 39.6 Å². The van der Waals surface area contributed by atoms with Crippen LogP contribution in [0.3, 0.4) is 0 Å². The van der Waals surface area contributed by atoms with Gasteiger partial charge in [-0.15, -0.1) is 0 Å². The van der Waals surface area contributed by atoms with Crippen molar-refractivity contribution in [1.29, 1.82) is 0 Å². The molecule has 3 unspecified atom stereocenters. The summed E-state index contributed by atoms with van der Waals surface area (Å²) in [6.07, 6.45) is 5.57. The van der Waals surface area contributed by atoms with Gasteiger partial charge in [0, 0.05) is 66.9 Å². The number of amides is 2. The zero-order chi connectivity index (χ0) is 32.8. The lowest BCUT2D eigenvalue weighted by Crippen LogP contribution is -2.41. The lowest BCUT2D eigenvalue weighted by Gasteiger charge is -2.27. The Kier molecular flexibility index (Phi) is 6.59. The number of hydrogen-bond acceptors (Lipinski definition) is 7. The molecular formula is C37H39N7O4. The SMILES string of the molecule is COc1cc2c(cc1-c1ccc3cc(-c4nc5cc(C(=O)N6CC7CCC6C7N)cc(OC)c5n4C)n(CC4CC4)c3n1)CCC(=O)N2. The zero-order valence-corrected chi connectivity index (χ0v) is 27.5. The predicted octanol–water partition coefficient (Wildman–Crippen LogP) is 5.13. The molecule has 3 atom stereocenters. The molecule has 0 radical (unpaired) electrons. The summed E-state index contributed by atoms with van der Waals surface area (Å²) < 4.78 is 16.0. The average molecular weight is 646 g/mol. The number of pyridine rings is 1. The number of ether oxygens (including phenoxy) is 2. The molecule has 2 aliphatic carbocycles. The third-order valence-electron chi connectivity index (χ3n) is 11.0. The van der Waals surface area contributed by atoms with Crippen molar-refractivity contribution in [2.45, 2.75) is 57.2 Å². The van der Waals surface area contributed by atoms with Crippen molar-refractivity contribution in [3.63, 3.8) is 0 Å². The molecular weight excluding hydrogens is 606 g/mol. The fraction of sp³-hybridized carbons (Fsp3) is 0.405. The monoisotopic (exact) mass is 645 g/mol. The van der Waals surface area contributed by atoms with E-state index in [2.05, 4.69) is 32.7 Å². The molecule has 246 valence electrons. The highest BCUT2D eigenvalue weighted by molar-refractivity contribution is 6.01. The minimum Gasteiger partial charge on any atom is -0.496 e. The highest BCUT2D eigenvalue weighted by Crippen LogP contribution is 2.42. The van der Waals surface area contributed by atoms with Crippen LogP contribution in [0.25, 0.3) is 44.8 Å². The van der Waals surface area contributed by atoms with Crippen molar-refractivity contribution in [1.82, 2.24) is 24.0 Å². The number of benzene rings is 2. The Morgan fingerprint density at radius 1 is 1.00 bits per heavy atom. The topological polar surface area (TPSA) is 130 Å². The van der Waals surface area contributed by atoms with Gasteiger partial charge in [-0.1, -0.05) is 0 Å². The molecule has 9 rings (SSSR count). The van der Waals surface area contributed by atoms with E-state index in [1.165, 1.54) is 12.8 Å². The number of imidazole rings is 1. The Balaban J connectivity index is 1.15. The van der Waals surface area contributed by atoms with E-state index in [4.69, 9.17) is 25.2 Å². The van der Waals surface area contributed by atoms with Crippen LogP contribution < -0.4 is 20.5 Å². The molecule has 5 heterocycles. The summed E-state index contributed by atoms with van der Waals surface area (Å²) in [5.74, 6) is 3.05. The van der Waals surface area contributed by atoms with Gasteiger partial charge in [-0.25, -0.2) is 9.97 Å². The van der Waals surface area contributed by atoms with E-state index in [1.54, 1.807) is 14.2 Å². The molecule has 48 heavy (non-hydrogen) atoms. The maximum Gasteiger partial charge on any atom is 0.254 e. The lowest BCUT2D eigenvalue weighted by molar-refractivity contribution is -0.116. The van der Waals surface area contributed by atoms with Gasteiger partial charge in [0.2, 0.25) is 5.91 Å². The zero-order valence-electron chi connectivity index (χ0n) is 27.5. The number of aromatic nitrogens is 4. The van der Waals surface area contributed by atoms with E-state index < -0.39 is 0 Å². The molecule has 0 spiro atoms. The number of likely N-dealkylation sites (tertiary alicyclic amines) is 1. The smallest absolute Gasteiger partial charge is 0.254 e. The van der Waals surface area contributed by atoms with Crippen LogP contribution in [0.15, 0.2) is 42.5 Å². The molecule has 2 amide bonds. The fourth-order valence-electron chi connectivity index (χ4n) is 8.25. The van der Waals surface area contributed by atoms with Crippen LogP contribution in [0, 0.1) is 11.8 Å². The number of anilines is 1. The van der Waals surface area contributed by atoms with Crippen LogP contribution >= 0.6 is 0 Å². The van der Waals surface area contributed by atoms with Crippen LogP contribution in [0.1, 0.15) is 48.0 Å². The number of nitrogens with two attached hydrogens (primary N) is 1. The standard InChI is InChI=1S/C37H39N7O4/c1-42-34-27(13-23(15-31(34)48-3)37(46)44-18-22-7-10-28(44)33(22)38)41-36(42)29-14-21-6-9-25(40-35(21)43(29)17-19-4-5-19)24-12-20-8-11-32(45)39-26(20)16-30(24)47-2/h6,9,12-16,19,22,28,33H,4-5,7-8,10-11,17-18,38H2,1-3H3,(H,39,45). The first-order chi connectivity index (χ1) is 23.3. The largest absolute Gasteiger partial charge is 0.496 e. The summed E-state index contributed by atoms with van der Waals surface area (Å²) in [6.45, 7) is 1.55. The van der Waals surface area contributed by atoms with E-state index in [0.29, 0.717) is 53.8 Å². The minimum atomic E-state index is -0.00961. The lowest BCUT2D eigenvalue weighted by atomic mass is 9.98. The number of hydrogen-bond donors (Lipinski definition) is 2. The van der Waals surface area contributed by atoms with E-state index in [9.17, 15) is 9.59 Å². The summed E-state index contributed by atoms with van der Waals surface area (Å²) in [6, 6.07) is 14.2. The summed E-state index contributed by atoms with van der Waals surface area (Å²) in [4.78, 5) is 38.2. The van der Waals surface area contributed by atoms with Crippen molar-refractivity contribution in [3.05, 3.63) is 53.6 Å². The van der Waals surface area contributed by atoms with Gasteiger partial charge in [0.1, 0.15) is 22.7 Å². The maximum atomic E-state index is 13.8. The number of fused-ring (bicyclic) bond motifs is 5. The molecule has 2 aliphatic heterocycles. The summed E-state index contributed by atoms with van der Waals surface area (Å²) in [5.41, 5.74) is 14.0. The van der Waals surface area contributed by atoms with Gasteiger partial charge in [-0.2, -0.15) is 0 Å². The van der Waals surface area contributed by atoms with Crippen molar-refractivity contribution in [2.24, 2.45) is 24.6 Å². The van der Waals surface area contributed by atoms with Crippen molar-refractivity contribution in [3.8, 4) is 34.3 Å². The molecule has 3 N–H and O–H groups in total. The first-order valence-corrected chi connectivity index (χ1v) is 16.9. The summed E-state index contributed by atoms with van der Waals surface area (Å²) in [7, 11) is 5.29. The van der Waals surface area contributed by atoms with Gasteiger partial charge >= 0.3 is 0 Å². The van der Waals surface area contributed by atoms with Crippen LogP contribution in [-0.4, -0.2) is 68.7 Å². The van der Waals surface area contributed by atoms with Gasteiger partial charge < -0.3 is 34.6 Å². The first-order valence-electron chi connectivity index (χ1n) is 16.9. The highest BCUT2D eigenvalue weighted by Gasteiger charge is 2.47. The maximum absolute atomic E-state index is 13.8. The molecule has 2 aromatic carbocycles. The number of piperidine rings is 1. The van der Waals surface area contributed by atoms with Crippen LogP contribution in [0.4, 0.5) is 5.69 Å². The third kappa shape index (κ3) is 4.51. The second-order valence-electron chi connectivity index (χ2n) is 13.9. The Morgan fingerprint density at radius 2 is 1.83 bits per heavy atom. The van der Waals surface area contributed by atoms with Gasteiger partial charge in [0.05, 0.1) is 31.1 Å². The Bertz CT molecular complexity index is 2160. The number of nitrogens with zero attached hydrogens (tertiary/aromatic N) is 5. The number of rotatable bonds is 7. The van der Waals surface area contributed by atoms with Crippen LogP contribution in [0.5, 0.6) is 11.5 Å². The Hall–Kier alpha value is -4.90. The second-order valence-corrected chi connectivity index (χ2v) is 13.9. The molecule has 4 aliphatic rings. The fourth-order valence-corrected chi connectivity index (χ4v) is 8.25. The van der Waals surface area contributed by atoms with E-state index in [0.717, 1.165) is 70.0 Å². The summed E-state index contributed by atoms with van der Waals surface area (Å²) >= 11 is 0. The average Bonchev–Trinajstić information content (AvgIpc) is 3.50. The predicted molar refractivity (Wildman–Crippen MR) is 183 cm³/mol. The minimum absolute atomic E-state index is 0.00961.